The molecule has 3 heterocycles. The molecule has 210 valence electrons. The minimum atomic E-state index is -0.588. The fraction of sp³-hybridized carbons (Fsp3) is 0.258. The molecule has 3 aromatic rings. The molecule has 0 aliphatic carbocycles. The highest BCUT2D eigenvalue weighted by Gasteiger charge is 2.35. The number of likely N-dealkylation sites (tertiary alicyclic amines) is 1. The van der Waals surface area contributed by atoms with E-state index in [2.05, 4.69) is 20.6 Å². The third kappa shape index (κ3) is 6.78. The topological polar surface area (TPSA) is 123 Å². The number of aromatic nitrogens is 2. The van der Waals surface area contributed by atoms with E-state index in [1.807, 2.05) is 45.0 Å². The van der Waals surface area contributed by atoms with Crippen molar-refractivity contribution in [2.75, 3.05) is 18.4 Å². The van der Waals surface area contributed by atoms with Crippen molar-refractivity contribution in [1.29, 1.82) is 0 Å². The molecule has 0 saturated carbocycles. The van der Waals surface area contributed by atoms with Gasteiger partial charge in [0.05, 0.1) is 13.1 Å². The van der Waals surface area contributed by atoms with Crippen LogP contribution < -0.4 is 15.4 Å². The van der Waals surface area contributed by atoms with Crippen LogP contribution in [-0.2, 0) is 11.3 Å². The van der Waals surface area contributed by atoms with E-state index in [4.69, 9.17) is 9.47 Å². The van der Waals surface area contributed by atoms with Crippen LogP contribution in [0.5, 0.6) is 5.75 Å². The number of fused-ring (bicyclic) bond motifs is 1. The second-order valence-electron chi connectivity index (χ2n) is 10.7. The molecule has 0 unspecified atom stereocenters. The highest BCUT2D eigenvalue weighted by atomic mass is 16.6. The minimum absolute atomic E-state index is 0.0965. The van der Waals surface area contributed by atoms with Crippen LogP contribution in [0.4, 0.5) is 10.6 Å². The standard InChI is InChI=1S/C31H31N5O5/c1-31(2,3)41-30(39)36-17-23(18-36)40-26-15-21(28(37)35-27-8-6-4-5-7-13-32-19-34-27)10-11-24(26)20-9-12-25-22(14-20)16-33-29(25)38/h4-15,19,23H,16-18H2,1-3H3,(H,33,38)(H,32,34,35,37). The molecule has 1 aromatic heterocycles. The van der Waals surface area contributed by atoms with Gasteiger partial charge in [-0.15, -0.1) is 0 Å². The van der Waals surface area contributed by atoms with Gasteiger partial charge in [0.1, 0.15) is 29.6 Å². The van der Waals surface area contributed by atoms with Crippen LogP contribution in [0.15, 0.2) is 79.3 Å². The van der Waals surface area contributed by atoms with Gasteiger partial charge in [0.15, 0.2) is 0 Å². The van der Waals surface area contributed by atoms with Crippen LogP contribution in [0.25, 0.3) is 11.1 Å². The molecule has 10 heteroatoms. The van der Waals surface area contributed by atoms with Gasteiger partial charge in [-0.2, -0.15) is 0 Å². The van der Waals surface area contributed by atoms with E-state index in [1.54, 1.807) is 53.6 Å². The molecule has 1 saturated heterocycles. The quantitative estimate of drug-likeness (QED) is 0.467. The lowest BCUT2D eigenvalue weighted by Gasteiger charge is -2.39. The lowest BCUT2D eigenvalue weighted by Crippen LogP contribution is -2.57. The highest BCUT2D eigenvalue weighted by Crippen LogP contribution is 2.35. The molecule has 2 aromatic carbocycles. The Kier molecular flexibility index (Phi) is 7.82. The summed E-state index contributed by atoms with van der Waals surface area (Å²) in [5.41, 5.74) is 2.93. The predicted octanol–water partition coefficient (Wildman–Crippen LogP) is 4.76. The maximum absolute atomic E-state index is 13.2. The molecule has 0 atom stereocenters. The zero-order valence-electron chi connectivity index (χ0n) is 23.1. The molecule has 2 aliphatic rings. The van der Waals surface area contributed by atoms with E-state index < -0.39 is 11.7 Å². The van der Waals surface area contributed by atoms with Crippen molar-refractivity contribution in [1.82, 2.24) is 20.2 Å². The summed E-state index contributed by atoms with van der Waals surface area (Å²) in [5, 5.41) is 5.64. The van der Waals surface area contributed by atoms with E-state index in [0.717, 1.165) is 16.7 Å². The lowest BCUT2D eigenvalue weighted by atomic mass is 9.98. The summed E-state index contributed by atoms with van der Waals surface area (Å²) < 4.78 is 11.8. The van der Waals surface area contributed by atoms with Gasteiger partial charge < -0.3 is 25.0 Å². The average molecular weight is 554 g/mol. The van der Waals surface area contributed by atoms with Crippen molar-refractivity contribution in [2.45, 2.75) is 39.0 Å². The van der Waals surface area contributed by atoms with Crippen molar-refractivity contribution in [3.63, 3.8) is 0 Å². The van der Waals surface area contributed by atoms with Crippen molar-refractivity contribution >= 4 is 23.7 Å². The number of rotatable bonds is 5. The molecule has 5 rings (SSSR count). The Morgan fingerprint density at radius 2 is 1.78 bits per heavy atom. The number of hydrogen-bond acceptors (Lipinski definition) is 7. The van der Waals surface area contributed by atoms with Crippen molar-refractivity contribution in [3.05, 3.63) is 95.9 Å². The van der Waals surface area contributed by atoms with E-state index in [0.29, 0.717) is 42.3 Å². The highest BCUT2D eigenvalue weighted by molar-refractivity contribution is 6.04. The molecular formula is C31H31N5O5. The first kappa shape index (κ1) is 27.6. The maximum Gasteiger partial charge on any atom is 0.410 e. The summed E-state index contributed by atoms with van der Waals surface area (Å²) in [6.07, 6.45) is 2.28. The minimum Gasteiger partial charge on any atom is -0.486 e. The second-order valence-corrected chi connectivity index (χ2v) is 10.7. The molecule has 0 spiro atoms. The molecule has 41 heavy (non-hydrogen) atoms. The van der Waals surface area contributed by atoms with Crippen LogP contribution in [0.1, 0.15) is 47.1 Å². The van der Waals surface area contributed by atoms with E-state index in [9.17, 15) is 14.4 Å². The van der Waals surface area contributed by atoms with Gasteiger partial charge in [-0.1, -0.05) is 24.3 Å². The summed E-state index contributed by atoms with van der Waals surface area (Å²) in [7, 11) is 0. The molecule has 3 amide bonds. The molecule has 2 N–H and O–H groups in total. The van der Waals surface area contributed by atoms with Gasteiger partial charge in [0, 0.05) is 29.4 Å². The normalized spacial score (nSPS) is 14.2. The Balaban J connectivity index is 1.40. The van der Waals surface area contributed by atoms with Gasteiger partial charge in [-0.3, -0.25) is 9.59 Å². The molecule has 0 bridgehead atoms. The van der Waals surface area contributed by atoms with E-state index in [-0.39, 0.29) is 17.9 Å². The van der Waals surface area contributed by atoms with Gasteiger partial charge >= 0.3 is 6.09 Å². The monoisotopic (exact) mass is 553 g/mol. The smallest absolute Gasteiger partial charge is 0.410 e. The Bertz CT molecular complexity index is 1520. The van der Waals surface area contributed by atoms with Crippen LogP contribution in [0, 0.1) is 0 Å². The van der Waals surface area contributed by atoms with Gasteiger partial charge in [0.25, 0.3) is 11.8 Å². The molecule has 2 aliphatic heterocycles. The van der Waals surface area contributed by atoms with Crippen LogP contribution in [-0.4, -0.2) is 57.6 Å². The number of benzene rings is 2. The van der Waals surface area contributed by atoms with Crippen molar-refractivity contribution in [2.24, 2.45) is 0 Å². The van der Waals surface area contributed by atoms with Gasteiger partial charge in [-0.05, 0) is 74.4 Å². The molecular weight excluding hydrogens is 522 g/mol. The summed E-state index contributed by atoms with van der Waals surface area (Å²) in [6.45, 7) is 6.64. The third-order valence-corrected chi connectivity index (χ3v) is 6.40. The number of amides is 3. The van der Waals surface area contributed by atoms with Gasteiger partial charge in [-0.25, -0.2) is 14.8 Å². The Morgan fingerprint density at radius 3 is 2.59 bits per heavy atom. The predicted molar refractivity (Wildman–Crippen MR) is 153 cm³/mol. The number of nitrogens with one attached hydrogen (secondary N) is 2. The fourth-order valence-corrected chi connectivity index (χ4v) is 4.38. The number of nitrogens with zero attached hydrogens (tertiary/aromatic N) is 3. The number of carbonyl (C=O) groups excluding carboxylic acids is 3. The second kappa shape index (κ2) is 11.6. The first-order valence-corrected chi connectivity index (χ1v) is 13.3. The van der Waals surface area contributed by atoms with Crippen LogP contribution >= 0.6 is 0 Å². The van der Waals surface area contributed by atoms with Crippen molar-refractivity contribution < 1.29 is 23.9 Å². The molecule has 10 nitrogen and oxygen atoms in total. The number of ether oxygens (including phenoxy) is 2. The van der Waals surface area contributed by atoms with Crippen LogP contribution in [0.2, 0.25) is 0 Å². The maximum atomic E-state index is 13.2. The zero-order chi connectivity index (χ0) is 29.0. The first-order valence-electron chi connectivity index (χ1n) is 13.3. The average Bonchev–Trinajstić information content (AvgIpc) is 3.28. The SMILES string of the molecule is CC(C)(C)OC(=O)N1CC(Oc2cc(C(=O)Nc3ccccccncn3)ccc2-c2ccc3c(c2)CNC3=O)C1. The summed E-state index contributed by atoms with van der Waals surface area (Å²) in [5.74, 6) is 0.346. The Morgan fingerprint density at radius 1 is 1.00 bits per heavy atom. The number of carbonyl (C=O) groups is 3. The van der Waals surface area contributed by atoms with E-state index >= 15 is 0 Å². The van der Waals surface area contributed by atoms with Crippen LogP contribution in [0.3, 0.4) is 0 Å². The van der Waals surface area contributed by atoms with E-state index in [1.165, 1.54) is 6.33 Å². The fourth-order valence-electron chi connectivity index (χ4n) is 4.38. The number of hydrogen-bond donors (Lipinski definition) is 2. The Labute approximate surface area is 238 Å². The Hall–Kier alpha value is -4.99. The first-order chi connectivity index (χ1) is 19.7. The molecule has 0 radical (unpaired) electrons. The summed E-state index contributed by atoms with van der Waals surface area (Å²) in [4.78, 5) is 47.5. The largest absolute Gasteiger partial charge is 0.486 e. The summed E-state index contributed by atoms with van der Waals surface area (Å²) >= 11 is 0. The molecule has 1 fully saturated rings. The lowest BCUT2D eigenvalue weighted by molar-refractivity contribution is -0.0220. The zero-order valence-corrected chi connectivity index (χ0v) is 23.1. The van der Waals surface area contributed by atoms with Gasteiger partial charge in [0.2, 0.25) is 0 Å². The number of anilines is 1. The van der Waals surface area contributed by atoms with Crippen molar-refractivity contribution in [3.8, 4) is 16.9 Å². The summed E-state index contributed by atoms with van der Waals surface area (Å²) in [6, 6.07) is 19.6. The third-order valence-electron chi connectivity index (χ3n) is 6.40.